The Labute approximate surface area is 185 Å². The van der Waals surface area contributed by atoms with Gasteiger partial charge in [-0.2, -0.15) is 5.10 Å². The summed E-state index contributed by atoms with van der Waals surface area (Å²) in [5, 5.41) is 6.40. The normalized spacial score (nSPS) is 17.7. The van der Waals surface area contributed by atoms with Gasteiger partial charge in [-0.05, 0) is 69.4 Å². The topological polar surface area (TPSA) is 45.1 Å². The second-order valence-electron chi connectivity index (χ2n) is 9.19. The summed E-state index contributed by atoms with van der Waals surface area (Å²) in [6, 6.07) is 16.7. The number of carbonyl (C=O) groups is 1. The van der Waals surface area contributed by atoms with Crippen LogP contribution in [0.1, 0.15) is 57.1 Å². The quantitative estimate of drug-likeness (QED) is 0.632. The van der Waals surface area contributed by atoms with Crippen LogP contribution in [0.2, 0.25) is 0 Å². The number of ether oxygens (including phenoxy) is 1. The summed E-state index contributed by atoms with van der Waals surface area (Å²) in [5.41, 5.74) is 4.25. The first kappa shape index (κ1) is 21.4. The molecule has 2 aromatic carbocycles. The lowest BCUT2D eigenvalue weighted by molar-refractivity contribution is -0.135. The summed E-state index contributed by atoms with van der Waals surface area (Å²) in [6.07, 6.45) is 5.57. The largest absolute Gasteiger partial charge is 0.497 e. The zero-order chi connectivity index (χ0) is 21.8. The van der Waals surface area contributed by atoms with Crippen LogP contribution in [-0.4, -0.2) is 42.4 Å². The van der Waals surface area contributed by atoms with E-state index in [1.165, 1.54) is 24.1 Å². The molecule has 1 amide bonds. The molecule has 0 N–H and O–H groups in total. The second-order valence-corrected chi connectivity index (χ2v) is 9.19. The Morgan fingerprint density at radius 3 is 2.55 bits per heavy atom. The van der Waals surface area contributed by atoms with E-state index in [0.717, 1.165) is 49.4 Å². The fourth-order valence-electron chi connectivity index (χ4n) is 4.53. The summed E-state index contributed by atoms with van der Waals surface area (Å²) in [4.78, 5) is 15.4. The number of amides is 1. The highest BCUT2D eigenvalue weighted by atomic mass is 16.5. The number of hydrazone groups is 1. The number of hydrogen-bond donors (Lipinski definition) is 0. The molecule has 0 aromatic heterocycles. The van der Waals surface area contributed by atoms with Gasteiger partial charge in [-0.15, -0.1) is 0 Å². The van der Waals surface area contributed by atoms with Gasteiger partial charge in [0.1, 0.15) is 5.75 Å². The first-order valence-electron chi connectivity index (χ1n) is 11.4. The van der Waals surface area contributed by atoms with E-state index < -0.39 is 0 Å². The van der Waals surface area contributed by atoms with Crippen LogP contribution in [0.3, 0.4) is 0 Å². The summed E-state index contributed by atoms with van der Waals surface area (Å²) in [5.74, 6) is 0.898. The van der Waals surface area contributed by atoms with E-state index in [2.05, 4.69) is 43.0 Å². The predicted octanol–water partition coefficient (Wildman–Crippen LogP) is 5.03. The number of carbonyl (C=O) groups excluding carboxylic acids is 1. The lowest BCUT2D eigenvalue weighted by Gasteiger charge is -2.28. The highest BCUT2D eigenvalue weighted by Gasteiger charge is 2.38. The molecule has 0 spiro atoms. The van der Waals surface area contributed by atoms with Gasteiger partial charge in [0.2, 0.25) is 5.91 Å². The van der Waals surface area contributed by atoms with Crippen LogP contribution < -0.4 is 9.64 Å². The minimum absolute atomic E-state index is 0.0941. The molecule has 0 unspecified atom stereocenters. The van der Waals surface area contributed by atoms with Crippen molar-refractivity contribution in [1.29, 1.82) is 0 Å². The standard InChI is InChI=1S/C26H33N3O2/c1-26(2)19-24(21-9-7-10-23(18-21)31-3)27-29(26)25(30)11-6-8-20-12-14-22(15-13-20)28-16-4-5-17-28/h7,9-10,12-15,18H,4-6,8,11,16-17,19H2,1-3H3. The van der Waals surface area contributed by atoms with E-state index in [1.54, 1.807) is 12.1 Å². The third-order valence-electron chi connectivity index (χ3n) is 6.30. The molecular formula is C26H33N3O2. The molecule has 0 saturated carbocycles. The minimum atomic E-state index is -0.313. The van der Waals surface area contributed by atoms with Crippen LogP contribution in [0, 0.1) is 0 Å². The lowest BCUT2D eigenvalue weighted by atomic mass is 9.94. The van der Waals surface area contributed by atoms with Crippen LogP contribution in [0.15, 0.2) is 53.6 Å². The summed E-state index contributed by atoms with van der Waals surface area (Å²) < 4.78 is 5.33. The molecule has 2 heterocycles. The Morgan fingerprint density at radius 1 is 1.10 bits per heavy atom. The maximum Gasteiger partial charge on any atom is 0.243 e. The lowest BCUT2D eigenvalue weighted by Crippen LogP contribution is -2.40. The van der Waals surface area contributed by atoms with Gasteiger partial charge < -0.3 is 9.64 Å². The molecule has 5 nitrogen and oxygen atoms in total. The summed E-state index contributed by atoms with van der Waals surface area (Å²) in [7, 11) is 1.66. The summed E-state index contributed by atoms with van der Waals surface area (Å²) in [6.45, 7) is 6.49. The highest BCUT2D eigenvalue weighted by Crippen LogP contribution is 2.31. The fraction of sp³-hybridized carbons (Fsp3) is 0.462. The van der Waals surface area contributed by atoms with E-state index in [-0.39, 0.29) is 11.4 Å². The second kappa shape index (κ2) is 9.13. The van der Waals surface area contributed by atoms with Crippen molar-refractivity contribution in [3.05, 3.63) is 59.7 Å². The third kappa shape index (κ3) is 4.92. The zero-order valence-corrected chi connectivity index (χ0v) is 18.9. The maximum atomic E-state index is 13.0. The van der Waals surface area contributed by atoms with Crippen LogP contribution in [0.5, 0.6) is 5.75 Å². The van der Waals surface area contributed by atoms with Crippen molar-refractivity contribution in [2.24, 2.45) is 5.10 Å². The fourth-order valence-corrected chi connectivity index (χ4v) is 4.53. The molecular weight excluding hydrogens is 386 g/mol. The van der Waals surface area contributed by atoms with E-state index in [9.17, 15) is 4.79 Å². The Hall–Kier alpha value is -2.82. The van der Waals surface area contributed by atoms with E-state index in [4.69, 9.17) is 9.84 Å². The molecule has 2 aromatic rings. The molecule has 164 valence electrons. The van der Waals surface area contributed by atoms with Crippen molar-refractivity contribution in [2.45, 2.75) is 57.9 Å². The monoisotopic (exact) mass is 419 g/mol. The Morgan fingerprint density at radius 2 is 1.84 bits per heavy atom. The van der Waals surface area contributed by atoms with Gasteiger partial charge in [-0.1, -0.05) is 24.3 Å². The van der Waals surface area contributed by atoms with Crippen molar-refractivity contribution in [3.8, 4) is 5.75 Å². The van der Waals surface area contributed by atoms with Crippen LogP contribution >= 0.6 is 0 Å². The molecule has 5 heteroatoms. The van der Waals surface area contributed by atoms with E-state index in [1.807, 2.05) is 24.3 Å². The number of hydrogen-bond acceptors (Lipinski definition) is 4. The van der Waals surface area contributed by atoms with Crippen molar-refractivity contribution >= 4 is 17.3 Å². The molecule has 1 saturated heterocycles. The Balaban J connectivity index is 1.34. The van der Waals surface area contributed by atoms with Crippen LogP contribution in [0.25, 0.3) is 0 Å². The Bertz CT molecular complexity index is 943. The average molecular weight is 420 g/mol. The molecule has 1 fully saturated rings. The smallest absolute Gasteiger partial charge is 0.243 e. The number of nitrogens with zero attached hydrogens (tertiary/aromatic N) is 3. The molecule has 2 aliphatic rings. The number of aryl methyl sites for hydroxylation is 1. The molecule has 0 aliphatic carbocycles. The molecule has 0 atom stereocenters. The molecule has 4 rings (SSSR count). The van der Waals surface area contributed by atoms with Gasteiger partial charge in [-0.3, -0.25) is 4.79 Å². The van der Waals surface area contributed by atoms with Crippen molar-refractivity contribution in [2.75, 3.05) is 25.1 Å². The zero-order valence-electron chi connectivity index (χ0n) is 18.9. The highest BCUT2D eigenvalue weighted by molar-refractivity contribution is 6.03. The maximum absolute atomic E-state index is 13.0. The van der Waals surface area contributed by atoms with E-state index >= 15 is 0 Å². The van der Waals surface area contributed by atoms with Crippen molar-refractivity contribution < 1.29 is 9.53 Å². The summed E-state index contributed by atoms with van der Waals surface area (Å²) >= 11 is 0. The number of rotatable bonds is 7. The molecule has 0 radical (unpaired) electrons. The average Bonchev–Trinajstić information content (AvgIpc) is 3.42. The van der Waals surface area contributed by atoms with Gasteiger partial charge in [0.05, 0.1) is 18.4 Å². The number of methoxy groups -OCH3 is 1. The first-order valence-corrected chi connectivity index (χ1v) is 11.4. The number of anilines is 1. The van der Waals surface area contributed by atoms with Gasteiger partial charge in [0.15, 0.2) is 0 Å². The molecule has 2 aliphatic heterocycles. The van der Waals surface area contributed by atoms with Crippen LogP contribution in [-0.2, 0) is 11.2 Å². The predicted molar refractivity (Wildman–Crippen MR) is 126 cm³/mol. The van der Waals surface area contributed by atoms with E-state index in [0.29, 0.717) is 6.42 Å². The molecule has 0 bridgehead atoms. The SMILES string of the molecule is COc1cccc(C2=NN(C(=O)CCCc3ccc(N4CCCC4)cc3)C(C)(C)C2)c1. The number of benzene rings is 2. The van der Waals surface area contributed by atoms with Crippen LogP contribution in [0.4, 0.5) is 5.69 Å². The minimum Gasteiger partial charge on any atom is -0.497 e. The van der Waals surface area contributed by atoms with Crippen molar-refractivity contribution in [1.82, 2.24) is 5.01 Å². The van der Waals surface area contributed by atoms with Crippen molar-refractivity contribution in [3.63, 3.8) is 0 Å². The van der Waals surface area contributed by atoms with Gasteiger partial charge >= 0.3 is 0 Å². The third-order valence-corrected chi connectivity index (χ3v) is 6.30. The molecule has 31 heavy (non-hydrogen) atoms. The Kier molecular flexibility index (Phi) is 6.30. The van der Waals surface area contributed by atoms with Gasteiger partial charge in [-0.25, -0.2) is 5.01 Å². The first-order chi connectivity index (χ1) is 15.0. The van der Waals surface area contributed by atoms with Gasteiger partial charge in [0.25, 0.3) is 0 Å². The van der Waals surface area contributed by atoms with Gasteiger partial charge in [0, 0.05) is 37.2 Å².